The third-order valence-electron chi connectivity index (χ3n) is 4.06. The molecule has 4 rings (SSSR count). The van der Waals surface area contributed by atoms with Crippen molar-refractivity contribution in [2.75, 3.05) is 4.90 Å². The molecule has 0 unspecified atom stereocenters. The molecule has 0 N–H and O–H groups in total. The molecule has 2 heterocycles. The molecular weight excluding hydrogens is 409 g/mol. The van der Waals surface area contributed by atoms with Crippen LogP contribution in [-0.2, 0) is 4.79 Å². The quantitative estimate of drug-likeness (QED) is 0.569. The largest absolute Gasteiger partial charge is 0.282 e. The fraction of sp³-hybridized carbons (Fsp3) is 0. The number of rotatable bonds is 3. The summed E-state index contributed by atoms with van der Waals surface area (Å²) < 4.78 is 14.3. The second kappa shape index (κ2) is 7.25. The average Bonchev–Trinajstić information content (AvgIpc) is 3.00. The van der Waals surface area contributed by atoms with E-state index in [0.717, 1.165) is 15.6 Å². The highest BCUT2D eigenvalue weighted by atomic mass is 79.9. The molecule has 4 nitrogen and oxygen atoms in total. The van der Waals surface area contributed by atoms with Crippen LogP contribution in [0.4, 0.5) is 10.1 Å². The van der Waals surface area contributed by atoms with Gasteiger partial charge in [0.15, 0.2) is 0 Å². The highest BCUT2D eigenvalue weighted by molar-refractivity contribution is 9.10. The standard InChI is InChI=1S/C21H13BrFN3O/c22-16-3-1-15(2-4-16)20-25-19(13-14-9-11-24-12-10-14)21(27)26(20)18-7-5-17(23)6-8-18/h1-13H/b19-13+. The van der Waals surface area contributed by atoms with Crippen LogP contribution in [0.2, 0.25) is 0 Å². The van der Waals surface area contributed by atoms with Crippen LogP contribution in [-0.4, -0.2) is 16.7 Å². The Labute approximate surface area is 163 Å². The predicted molar refractivity (Wildman–Crippen MR) is 107 cm³/mol. The molecule has 6 heteroatoms. The number of aliphatic imine (C=N–C) groups is 1. The first-order valence-electron chi connectivity index (χ1n) is 8.18. The van der Waals surface area contributed by atoms with Gasteiger partial charge in [0.2, 0.25) is 0 Å². The SMILES string of the molecule is O=C1/C(=C\c2ccncc2)N=C(c2ccc(Br)cc2)N1c1ccc(F)cc1. The summed E-state index contributed by atoms with van der Waals surface area (Å²) in [6.45, 7) is 0. The topological polar surface area (TPSA) is 45.6 Å². The van der Waals surface area contributed by atoms with Crippen LogP contribution in [0.1, 0.15) is 11.1 Å². The molecule has 27 heavy (non-hydrogen) atoms. The predicted octanol–water partition coefficient (Wildman–Crippen LogP) is 4.82. The van der Waals surface area contributed by atoms with E-state index in [1.165, 1.54) is 17.0 Å². The minimum atomic E-state index is -0.361. The van der Waals surface area contributed by atoms with E-state index in [2.05, 4.69) is 25.9 Å². The van der Waals surface area contributed by atoms with Crippen molar-refractivity contribution >= 4 is 39.4 Å². The third kappa shape index (κ3) is 3.57. The van der Waals surface area contributed by atoms with E-state index in [-0.39, 0.29) is 11.7 Å². The molecule has 1 aromatic heterocycles. The van der Waals surface area contributed by atoms with Crippen molar-refractivity contribution in [3.8, 4) is 0 Å². The van der Waals surface area contributed by atoms with E-state index in [0.29, 0.717) is 17.2 Å². The van der Waals surface area contributed by atoms with Crippen LogP contribution in [0.25, 0.3) is 6.08 Å². The number of hydrogen-bond donors (Lipinski definition) is 0. The van der Waals surface area contributed by atoms with Gasteiger partial charge in [-0.1, -0.05) is 28.1 Å². The lowest BCUT2D eigenvalue weighted by molar-refractivity contribution is -0.113. The van der Waals surface area contributed by atoms with Crippen molar-refractivity contribution in [1.82, 2.24) is 4.98 Å². The maximum absolute atomic E-state index is 13.3. The average molecular weight is 422 g/mol. The Morgan fingerprint density at radius 3 is 2.26 bits per heavy atom. The van der Waals surface area contributed by atoms with Gasteiger partial charge in [-0.15, -0.1) is 0 Å². The number of hydrogen-bond acceptors (Lipinski definition) is 3. The smallest absolute Gasteiger partial charge is 0.266 e. The number of pyridine rings is 1. The number of amides is 1. The van der Waals surface area contributed by atoms with Gasteiger partial charge in [-0.2, -0.15) is 0 Å². The van der Waals surface area contributed by atoms with Gasteiger partial charge in [-0.05, 0) is 60.2 Å². The molecule has 2 aromatic carbocycles. The Morgan fingerprint density at radius 2 is 1.59 bits per heavy atom. The Morgan fingerprint density at radius 1 is 0.926 bits per heavy atom. The molecule has 0 atom stereocenters. The van der Waals surface area contributed by atoms with Gasteiger partial charge in [0.1, 0.15) is 17.3 Å². The van der Waals surface area contributed by atoms with Crippen LogP contribution in [0.5, 0.6) is 0 Å². The number of halogens is 2. The molecule has 0 fully saturated rings. The molecule has 132 valence electrons. The van der Waals surface area contributed by atoms with Gasteiger partial charge in [0.05, 0.1) is 5.69 Å². The number of amidine groups is 1. The van der Waals surface area contributed by atoms with Crippen molar-refractivity contribution in [2.24, 2.45) is 4.99 Å². The van der Waals surface area contributed by atoms with Crippen molar-refractivity contribution in [3.63, 3.8) is 0 Å². The van der Waals surface area contributed by atoms with Crippen molar-refractivity contribution in [1.29, 1.82) is 0 Å². The fourth-order valence-electron chi connectivity index (χ4n) is 2.76. The molecule has 0 aliphatic carbocycles. The highest BCUT2D eigenvalue weighted by Gasteiger charge is 2.32. The molecule has 0 saturated carbocycles. The van der Waals surface area contributed by atoms with Crippen LogP contribution in [0, 0.1) is 5.82 Å². The zero-order valence-electron chi connectivity index (χ0n) is 14.0. The monoisotopic (exact) mass is 421 g/mol. The summed E-state index contributed by atoms with van der Waals surface area (Å²) in [5, 5.41) is 0. The molecule has 1 aliphatic heterocycles. The summed E-state index contributed by atoms with van der Waals surface area (Å²) in [5.41, 5.74) is 2.48. The summed E-state index contributed by atoms with van der Waals surface area (Å²) in [6.07, 6.45) is 5.03. The van der Waals surface area contributed by atoms with E-state index in [9.17, 15) is 9.18 Å². The highest BCUT2D eigenvalue weighted by Crippen LogP contribution is 2.28. The lowest BCUT2D eigenvalue weighted by atomic mass is 10.1. The summed E-state index contributed by atoms with van der Waals surface area (Å²) in [6, 6.07) is 16.9. The van der Waals surface area contributed by atoms with Gasteiger partial charge in [-0.25, -0.2) is 9.38 Å². The maximum atomic E-state index is 13.3. The summed E-state index contributed by atoms with van der Waals surface area (Å²) >= 11 is 3.41. The molecule has 0 saturated heterocycles. The first-order chi connectivity index (χ1) is 13.1. The van der Waals surface area contributed by atoms with Crippen LogP contribution < -0.4 is 4.90 Å². The third-order valence-corrected chi connectivity index (χ3v) is 4.59. The van der Waals surface area contributed by atoms with Crippen LogP contribution in [0.15, 0.2) is 88.2 Å². The van der Waals surface area contributed by atoms with E-state index < -0.39 is 0 Å². The van der Waals surface area contributed by atoms with E-state index >= 15 is 0 Å². The van der Waals surface area contributed by atoms with Crippen LogP contribution in [0.3, 0.4) is 0 Å². The summed E-state index contributed by atoms with van der Waals surface area (Å²) in [7, 11) is 0. The number of benzene rings is 2. The van der Waals surface area contributed by atoms with Crippen molar-refractivity contribution < 1.29 is 9.18 Å². The van der Waals surface area contributed by atoms with Crippen molar-refractivity contribution in [3.05, 3.63) is 100 Å². The minimum Gasteiger partial charge on any atom is -0.266 e. The normalized spacial score (nSPS) is 15.3. The number of nitrogens with zero attached hydrogens (tertiary/aromatic N) is 3. The first kappa shape index (κ1) is 17.3. The van der Waals surface area contributed by atoms with Gasteiger partial charge < -0.3 is 0 Å². The van der Waals surface area contributed by atoms with E-state index in [4.69, 9.17) is 0 Å². The Hall–Kier alpha value is -3.12. The van der Waals surface area contributed by atoms with Crippen LogP contribution >= 0.6 is 15.9 Å². The van der Waals surface area contributed by atoms with Gasteiger partial charge in [-0.3, -0.25) is 14.7 Å². The number of anilines is 1. The van der Waals surface area contributed by atoms with E-state index in [1.54, 1.807) is 42.7 Å². The molecule has 0 spiro atoms. The minimum absolute atomic E-state index is 0.267. The second-order valence-electron chi connectivity index (χ2n) is 5.87. The zero-order chi connectivity index (χ0) is 18.8. The zero-order valence-corrected chi connectivity index (χ0v) is 15.6. The Kier molecular flexibility index (Phi) is 4.64. The molecule has 0 bridgehead atoms. The molecule has 1 amide bonds. The first-order valence-corrected chi connectivity index (χ1v) is 8.97. The molecule has 0 radical (unpaired) electrons. The lowest BCUT2D eigenvalue weighted by Gasteiger charge is -2.18. The number of carbonyl (C=O) groups is 1. The maximum Gasteiger partial charge on any atom is 0.282 e. The fourth-order valence-corrected chi connectivity index (χ4v) is 3.02. The molecule has 3 aromatic rings. The van der Waals surface area contributed by atoms with Crippen molar-refractivity contribution in [2.45, 2.75) is 0 Å². The Balaban J connectivity index is 1.82. The Bertz CT molecular complexity index is 1050. The van der Waals surface area contributed by atoms with Gasteiger partial charge in [0.25, 0.3) is 5.91 Å². The number of carbonyl (C=O) groups excluding carboxylic acids is 1. The number of aromatic nitrogens is 1. The van der Waals surface area contributed by atoms with E-state index in [1.807, 2.05) is 24.3 Å². The second-order valence-corrected chi connectivity index (χ2v) is 6.79. The summed E-state index contributed by atoms with van der Waals surface area (Å²) in [4.78, 5) is 23.1. The van der Waals surface area contributed by atoms with Gasteiger partial charge >= 0.3 is 0 Å². The molecular formula is C21H13BrFN3O. The lowest BCUT2D eigenvalue weighted by Crippen LogP contribution is -2.32. The summed E-state index contributed by atoms with van der Waals surface area (Å²) in [5.74, 6) is -0.129. The van der Waals surface area contributed by atoms with Gasteiger partial charge in [0, 0.05) is 22.4 Å². The molecule has 1 aliphatic rings.